The third kappa shape index (κ3) is 3.80. The maximum Gasteiger partial charge on any atom is 0.119 e. The number of hydrogen-bond acceptors (Lipinski definition) is 4. The lowest BCUT2D eigenvalue weighted by Crippen LogP contribution is -1.91. The number of thioether (sulfide) groups is 1. The van der Waals surface area contributed by atoms with E-state index in [1.165, 1.54) is 5.56 Å². The van der Waals surface area contributed by atoms with Crippen LogP contribution in [0.15, 0.2) is 65.8 Å². The van der Waals surface area contributed by atoms with Crippen LogP contribution in [0.25, 0.3) is 11.4 Å². The Labute approximate surface area is 132 Å². The Morgan fingerprint density at radius 2 is 1.86 bits per heavy atom. The van der Waals surface area contributed by atoms with Gasteiger partial charge in [-0.15, -0.1) is 10.2 Å². The summed E-state index contributed by atoms with van der Waals surface area (Å²) in [7, 11) is 0. The maximum atomic E-state index is 5.97. The number of halogens is 1. The highest BCUT2D eigenvalue weighted by Crippen LogP contribution is 2.23. The van der Waals surface area contributed by atoms with Crippen molar-refractivity contribution in [3.8, 4) is 11.4 Å². The van der Waals surface area contributed by atoms with Gasteiger partial charge in [0.05, 0.1) is 5.69 Å². The van der Waals surface area contributed by atoms with Crippen molar-refractivity contribution in [2.45, 2.75) is 10.8 Å². The SMILES string of the molecule is Clc1cccc(CSc2ccc(-c3ccccn3)nn2)c1. The fraction of sp³-hybridized carbons (Fsp3) is 0.0625. The molecular formula is C16H12ClN3S. The molecule has 5 heteroatoms. The van der Waals surface area contributed by atoms with Crippen LogP contribution in [0.4, 0.5) is 0 Å². The molecule has 0 aliphatic heterocycles. The van der Waals surface area contributed by atoms with Crippen LogP contribution in [0.5, 0.6) is 0 Å². The summed E-state index contributed by atoms with van der Waals surface area (Å²) in [6.07, 6.45) is 1.75. The van der Waals surface area contributed by atoms with E-state index >= 15 is 0 Å². The number of rotatable bonds is 4. The minimum absolute atomic E-state index is 0.754. The first-order chi connectivity index (χ1) is 10.3. The van der Waals surface area contributed by atoms with Crippen LogP contribution in [0.3, 0.4) is 0 Å². The van der Waals surface area contributed by atoms with Gasteiger partial charge in [-0.05, 0) is 42.0 Å². The van der Waals surface area contributed by atoms with Crippen LogP contribution >= 0.6 is 23.4 Å². The van der Waals surface area contributed by atoms with Crippen molar-refractivity contribution in [1.82, 2.24) is 15.2 Å². The van der Waals surface area contributed by atoms with Crippen molar-refractivity contribution in [2.24, 2.45) is 0 Å². The molecule has 0 bridgehead atoms. The van der Waals surface area contributed by atoms with E-state index in [2.05, 4.69) is 21.2 Å². The molecule has 0 aliphatic rings. The average molecular weight is 314 g/mol. The van der Waals surface area contributed by atoms with E-state index in [-0.39, 0.29) is 0 Å². The second kappa shape index (κ2) is 6.70. The van der Waals surface area contributed by atoms with E-state index in [4.69, 9.17) is 11.6 Å². The molecule has 3 nitrogen and oxygen atoms in total. The molecule has 0 saturated heterocycles. The summed E-state index contributed by atoms with van der Waals surface area (Å²) >= 11 is 7.60. The fourth-order valence-corrected chi connectivity index (χ4v) is 2.80. The number of nitrogens with zero attached hydrogens (tertiary/aromatic N) is 3. The molecule has 3 rings (SSSR count). The minimum atomic E-state index is 0.754. The Bertz CT molecular complexity index is 717. The molecule has 0 unspecified atom stereocenters. The molecule has 3 aromatic rings. The smallest absolute Gasteiger partial charge is 0.119 e. The Morgan fingerprint density at radius 3 is 2.57 bits per heavy atom. The Balaban J connectivity index is 1.68. The molecule has 104 valence electrons. The highest BCUT2D eigenvalue weighted by atomic mass is 35.5. The van der Waals surface area contributed by atoms with Gasteiger partial charge in [0.25, 0.3) is 0 Å². The van der Waals surface area contributed by atoms with Crippen molar-refractivity contribution >= 4 is 23.4 Å². The van der Waals surface area contributed by atoms with Gasteiger partial charge in [0.15, 0.2) is 0 Å². The van der Waals surface area contributed by atoms with Gasteiger partial charge in [-0.25, -0.2) is 0 Å². The van der Waals surface area contributed by atoms with Gasteiger partial charge in [-0.3, -0.25) is 4.98 Å². The molecule has 0 atom stereocenters. The van der Waals surface area contributed by atoms with E-state index in [1.807, 2.05) is 48.5 Å². The van der Waals surface area contributed by atoms with Crippen molar-refractivity contribution in [3.05, 3.63) is 71.4 Å². The predicted octanol–water partition coefficient (Wildman–Crippen LogP) is 4.48. The van der Waals surface area contributed by atoms with Crippen molar-refractivity contribution < 1.29 is 0 Å². The lowest BCUT2D eigenvalue weighted by Gasteiger charge is -2.03. The molecule has 0 aliphatic carbocycles. The van der Waals surface area contributed by atoms with Crippen LogP contribution in [0.2, 0.25) is 5.02 Å². The largest absolute Gasteiger partial charge is 0.255 e. The minimum Gasteiger partial charge on any atom is -0.255 e. The predicted molar refractivity (Wildman–Crippen MR) is 86.3 cm³/mol. The van der Waals surface area contributed by atoms with Crippen LogP contribution in [0.1, 0.15) is 5.56 Å². The lowest BCUT2D eigenvalue weighted by atomic mass is 10.2. The van der Waals surface area contributed by atoms with E-state index in [0.717, 1.165) is 27.2 Å². The van der Waals surface area contributed by atoms with Gasteiger partial charge in [-0.2, -0.15) is 0 Å². The quantitative estimate of drug-likeness (QED) is 0.665. The first-order valence-corrected chi connectivity index (χ1v) is 7.80. The van der Waals surface area contributed by atoms with Crippen molar-refractivity contribution in [3.63, 3.8) is 0 Å². The second-order valence-electron chi connectivity index (χ2n) is 4.39. The average Bonchev–Trinajstić information content (AvgIpc) is 2.54. The maximum absolute atomic E-state index is 5.97. The molecular weight excluding hydrogens is 302 g/mol. The van der Waals surface area contributed by atoms with Crippen LogP contribution < -0.4 is 0 Å². The Morgan fingerprint density at radius 1 is 0.905 bits per heavy atom. The van der Waals surface area contributed by atoms with Crippen LogP contribution in [-0.2, 0) is 5.75 Å². The molecule has 0 saturated carbocycles. The van der Waals surface area contributed by atoms with Gasteiger partial charge in [0.1, 0.15) is 10.7 Å². The molecule has 0 radical (unpaired) electrons. The summed E-state index contributed by atoms with van der Waals surface area (Å²) in [6, 6.07) is 17.5. The first-order valence-electron chi connectivity index (χ1n) is 6.44. The monoisotopic (exact) mass is 313 g/mol. The topological polar surface area (TPSA) is 38.7 Å². The molecule has 0 N–H and O–H groups in total. The summed E-state index contributed by atoms with van der Waals surface area (Å²) < 4.78 is 0. The van der Waals surface area contributed by atoms with Crippen LogP contribution in [0, 0.1) is 0 Å². The first kappa shape index (κ1) is 14.0. The fourth-order valence-electron chi connectivity index (χ4n) is 1.83. The summed E-state index contributed by atoms with van der Waals surface area (Å²) in [5.41, 5.74) is 2.78. The normalized spacial score (nSPS) is 10.5. The number of hydrogen-bond donors (Lipinski definition) is 0. The molecule has 0 fully saturated rings. The standard InChI is InChI=1S/C16H12ClN3S/c17-13-5-3-4-12(10-13)11-21-16-8-7-15(19-20-16)14-6-1-2-9-18-14/h1-10H,11H2. The highest BCUT2D eigenvalue weighted by Gasteiger charge is 2.03. The number of benzene rings is 1. The number of aromatic nitrogens is 3. The highest BCUT2D eigenvalue weighted by molar-refractivity contribution is 7.98. The van der Waals surface area contributed by atoms with Crippen molar-refractivity contribution in [1.29, 1.82) is 0 Å². The lowest BCUT2D eigenvalue weighted by molar-refractivity contribution is 0.931. The van der Waals surface area contributed by atoms with Gasteiger partial charge < -0.3 is 0 Å². The second-order valence-corrected chi connectivity index (χ2v) is 5.82. The third-order valence-electron chi connectivity index (χ3n) is 2.84. The molecule has 0 amide bonds. The van der Waals surface area contributed by atoms with Gasteiger partial charge in [0.2, 0.25) is 0 Å². The summed E-state index contributed by atoms with van der Waals surface area (Å²) in [6.45, 7) is 0. The molecule has 1 aromatic carbocycles. The molecule has 0 spiro atoms. The van der Waals surface area contributed by atoms with Crippen LogP contribution in [-0.4, -0.2) is 15.2 Å². The zero-order chi connectivity index (χ0) is 14.5. The summed E-state index contributed by atoms with van der Waals surface area (Å²) in [5, 5.41) is 10.1. The van der Waals surface area contributed by atoms with Crippen molar-refractivity contribution in [2.75, 3.05) is 0 Å². The van der Waals surface area contributed by atoms with Gasteiger partial charge >= 0.3 is 0 Å². The Hall–Kier alpha value is -1.91. The molecule has 21 heavy (non-hydrogen) atoms. The number of pyridine rings is 1. The molecule has 2 heterocycles. The summed E-state index contributed by atoms with van der Waals surface area (Å²) in [4.78, 5) is 4.26. The molecule has 2 aromatic heterocycles. The zero-order valence-corrected chi connectivity index (χ0v) is 12.7. The van der Waals surface area contributed by atoms with E-state index in [0.29, 0.717) is 0 Å². The van der Waals surface area contributed by atoms with E-state index in [9.17, 15) is 0 Å². The van der Waals surface area contributed by atoms with E-state index in [1.54, 1.807) is 18.0 Å². The van der Waals surface area contributed by atoms with E-state index < -0.39 is 0 Å². The summed E-state index contributed by atoms with van der Waals surface area (Å²) in [5.74, 6) is 0.818. The Kier molecular flexibility index (Phi) is 4.48. The zero-order valence-electron chi connectivity index (χ0n) is 11.1. The van der Waals surface area contributed by atoms with Gasteiger partial charge in [-0.1, -0.05) is 41.6 Å². The van der Waals surface area contributed by atoms with Gasteiger partial charge in [0, 0.05) is 17.0 Å². The third-order valence-corrected chi connectivity index (χ3v) is 4.07.